The first-order chi connectivity index (χ1) is 14.5. The number of ether oxygens (including phenoxy) is 2. The maximum atomic E-state index is 12.8. The van der Waals surface area contributed by atoms with E-state index in [0.717, 1.165) is 17.0 Å². The largest absolute Gasteiger partial charge is 0.546 e. The van der Waals surface area contributed by atoms with Crippen LogP contribution in [0.1, 0.15) is 19.4 Å². The van der Waals surface area contributed by atoms with Gasteiger partial charge in [0.15, 0.2) is 5.17 Å². The van der Waals surface area contributed by atoms with Crippen molar-refractivity contribution in [2.75, 3.05) is 19.8 Å². The Kier molecular flexibility index (Phi) is 7.13. The summed E-state index contributed by atoms with van der Waals surface area (Å²) in [5.41, 5.74) is 1.54. The fourth-order valence-electron chi connectivity index (χ4n) is 2.72. The second kappa shape index (κ2) is 9.98. The van der Waals surface area contributed by atoms with Gasteiger partial charge in [-0.3, -0.25) is 9.69 Å². The van der Waals surface area contributed by atoms with Gasteiger partial charge in [-0.15, -0.1) is 0 Å². The zero-order valence-corrected chi connectivity index (χ0v) is 17.5. The first-order valence-corrected chi connectivity index (χ1v) is 10.3. The average molecular weight is 425 g/mol. The minimum atomic E-state index is -1.28. The molecule has 2 aromatic rings. The van der Waals surface area contributed by atoms with Gasteiger partial charge in [-0.1, -0.05) is 12.1 Å². The molecule has 30 heavy (non-hydrogen) atoms. The fourth-order valence-corrected chi connectivity index (χ4v) is 3.78. The molecule has 1 heterocycles. The third-order valence-electron chi connectivity index (χ3n) is 4.11. The zero-order valence-electron chi connectivity index (χ0n) is 16.7. The normalized spacial score (nSPS) is 16.3. The van der Waals surface area contributed by atoms with Crippen LogP contribution in [0.3, 0.4) is 0 Å². The Morgan fingerprint density at radius 2 is 1.70 bits per heavy atom. The number of likely N-dealkylation sites (N-methyl/N-ethyl adjacent to an activating group) is 1. The Bertz CT molecular complexity index is 968. The number of benzene rings is 2. The number of carboxylic acid groups (broad SMARTS) is 1. The molecule has 0 aliphatic carbocycles. The van der Waals surface area contributed by atoms with Gasteiger partial charge in [0.05, 0.1) is 23.2 Å². The summed E-state index contributed by atoms with van der Waals surface area (Å²) in [4.78, 5) is 30.0. The average Bonchev–Trinajstić information content (AvgIpc) is 3.03. The Hall–Kier alpha value is -3.26. The summed E-state index contributed by atoms with van der Waals surface area (Å²) in [6.07, 6.45) is 1.78. The molecule has 8 heteroatoms. The van der Waals surface area contributed by atoms with Crippen molar-refractivity contribution in [3.05, 3.63) is 59.0 Å². The number of amides is 1. The fraction of sp³-hybridized carbons (Fsp3) is 0.227. The molecule has 0 spiro atoms. The van der Waals surface area contributed by atoms with E-state index in [2.05, 4.69) is 4.99 Å². The highest BCUT2D eigenvalue weighted by atomic mass is 32.2. The molecule has 0 unspecified atom stereocenters. The number of thioether (sulfide) groups is 1. The van der Waals surface area contributed by atoms with E-state index in [9.17, 15) is 14.7 Å². The molecular formula is C22H21N2O5S-. The van der Waals surface area contributed by atoms with Gasteiger partial charge in [0.25, 0.3) is 5.91 Å². The van der Waals surface area contributed by atoms with Crippen LogP contribution in [0.2, 0.25) is 0 Å². The van der Waals surface area contributed by atoms with E-state index in [1.54, 1.807) is 35.2 Å². The molecule has 1 aliphatic rings. The van der Waals surface area contributed by atoms with E-state index < -0.39 is 12.6 Å². The Morgan fingerprint density at radius 3 is 2.30 bits per heavy atom. The molecule has 1 amide bonds. The number of carboxylic acids is 1. The van der Waals surface area contributed by atoms with Crippen LogP contribution >= 0.6 is 11.8 Å². The summed E-state index contributed by atoms with van der Waals surface area (Å²) in [5, 5.41) is 11.1. The number of hydrogen-bond acceptors (Lipinski definition) is 7. The van der Waals surface area contributed by atoms with Crippen LogP contribution in [0.4, 0.5) is 5.69 Å². The molecule has 0 N–H and O–H groups in total. The van der Waals surface area contributed by atoms with E-state index in [0.29, 0.717) is 29.0 Å². The number of carbonyl (C=O) groups excluding carboxylic acids is 2. The summed E-state index contributed by atoms with van der Waals surface area (Å²) in [6.45, 7) is 4.43. The molecule has 0 bridgehead atoms. The molecule has 1 aliphatic heterocycles. The van der Waals surface area contributed by atoms with E-state index >= 15 is 0 Å². The van der Waals surface area contributed by atoms with Crippen LogP contribution in [0.25, 0.3) is 6.08 Å². The Balaban J connectivity index is 1.77. The van der Waals surface area contributed by atoms with Crippen molar-refractivity contribution in [3.63, 3.8) is 0 Å². The lowest BCUT2D eigenvalue weighted by Crippen LogP contribution is -2.28. The summed E-state index contributed by atoms with van der Waals surface area (Å²) in [7, 11) is 0. The molecule has 0 atom stereocenters. The number of nitrogens with zero attached hydrogens (tertiary/aromatic N) is 2. The topological polar surface area (TPSA) is 91.3 Å². The van der Waals surface area contributed by atoms with Gasteiger partial charge in [0.1, 0.15) is 18.1 Å². The smallest absolute Gasteiger partial charge is 0.266 e. The van der Waals surface area contributed by atoms with Crippen LogP contribution in [-0.4, -0.2) is 41.7 Å². The second-order valence-electron chi connectivity index (χ2n) is 6.21. The predicted octanol–water partition coefficient (Wildman–Crippen LogP) is 2.84. The van der Waals surface area contributed by atoms with Gasteiger partial charge in [0, 0.05) is 6.54 Å². The summed E-state index contributed by atoms with van der Waals surface area (Å²) in [6, 6.07) is 14.2. The summed E-state index contributed by atoms with van der Waals surface area (Å²) < 4.78 is 10.5. The molecule has 1 fully saturated rings. The van der Waals surface area contributed by atoms with Gasteiger partial charge in [-0.25, -0.2) is 4.99 Å². The quantitative estimate of drug-likeness (QED) is 0.604. The maximum Gasteiger partial charge on any atom is 0.266 e. The molecular weight excluding hydrogens is 404 g/mol. The van der Waals surface area contributed by atoms with Gasteiger partial charge in [0.2, 0.25) is 0 Å². The highest BCUT2D eigenvalue weighted by molar-refractivity contribution is 8.18. The molecule has 0 aromatic heterocycles. The molecule has 0 saturated carbocycles. The lowest BCUT2D eigenvalue weighted by molar-refractivity contribution is -0.307. The van der Waals surface area contributed by atoms with Crippen LogP contribution < -0.4 is 14.6 Å². The van der Waals surface area contributed by atoms with Crippen LogP contribution in [0.5, 0.6) is 11.5 Å². The van der Waals surface area contributed by atoms with Gasteiger partial charge >= 0.3 is 0 Å². The van der Waals surface area contributed by atoms with Crippen molar-refractivity contribution in [1.29, 1.82) is 0 Å². The van der Waals surface area contributed by atoms with Crippen molar-refractivity contribution in [2.45, 2.75) is 13.8 Å². The van der Waals surface area contributed by atoms with Crippen molar-refractivity contribution in [3.8, 4) is 11.5 Å². The molecule has 2 aromatic carbocycles. The lowest BCUT2D eigenvalue weighted by atomic mass is 10.2. The van der Waals surface area contributed by atoms with Gasteiger partial charge in [-0.2, -0.15) is 0 Å². The highest BCUT2D eigenvalue weighted by Crippen LogP contribution is 2.34. The van der Waals surface area contributed by atoms with Crippen molar-refractivity contribution in [1.82, 2.24) is 4.90 Å². The minimum absolute atomic E-state index is 0.107. The molecule has 156 valence electrons. The number of amidine groups is 1. The van der Waals surface area contributed by atoms with E-state index in [1.807, 2.05) is 38.1 Å². The number of rotatable bonds is 8. The van der Waals surface area contributed by atoms with Gasteiger partial charge < -0.3 is 19.4 Å². The second-order valence-corrected chi connectivity index (χ2v) is 7.22. The number of aliphatic carboxylic acids is 1. The first-order valence-electron chi connectivity index (χ1n) is 9.45. The van der Waals surface area contributed by atoms with E-state index in [1.165, 1.54) is 11.8 Å². The van der Waals surface area contributed by atoms with Crippen molar-refractivity contribution >= 4 is 40.6 Å². The minimum Gasteiger partial charge on any atom is -0.546 e. The van der Waals surface area contributed by atoms with Gasteiger partial charge in [-0.05, 0) is 73.6 Å². The number of aliphatic imine (C=N–C) groups is 1. The van der Waals surface area contributed by atoms with Crippen LogP contribution in [-0.2, 0) is 9.59 Å². The standard InChI is InChI=1S/C22H22N2O5S/c1-3-24-21(27)19(13-15-5-9-18(10-6-15)29-14-20(25)26)30-22(24)23-16-7-11-17(12-8-16)28-4-2/h5-13H,3-4,14H2,1-2H3,(H,25,26)/p-1/b19-13-,23-22?. The summed E-state index contributed by atoms with van der Waals surface area (Å²) >= 11 is 1.31. The lowest BCUT2D eigenvalue weighted by Gasteiger charge is -2.12. The number of carbonyl (C=O) groups is 2. The monoisotopic (exact) mass is 425 g/mol. The third-order valence-corrected chi connectivity index (χ3v) is 5.12. The number of hydrogen-bond donors (Lipinski definition) is 0. The van der Waals surface area contributed by atoms with Crippen molar-refractivity contribution < 1.29 is 24.2 Å². The first kappa shape index (κ1) is 21.4. The van der Waals surface area contributed by atoms with E-state index in [-0.39, 0.29) is 5.91 Å². The van der Waals surface area contributed by atoms with E-state index in [4.69, 9.17) is 9.47 Å². The Morgan fingerprint density at radius 1 is 1.07 bits per heavy atom. The Labute approximate surface area is 179 Å². The highest BCUT2D eigenvalue weighted by Gasteiger charge is 2.32. The summed E-state index contributed by atoms with van der Waals surface area (Å²) in [5.74, 6) is -0.200. The van der Waals surface area contributed by atoms with Crippen LogP contribution in [0.15, 0.2) is 58.4 Å². The zero-order chi connectivity index (χ0) is 21.5. The predicted molar refractivity (Wildman–Crippen MR) is 115 cm³/mol. The van der Waals surface area contributed by atoms with Crippen molar-refractivity contribution in [2.24, 2.45) is 4.99 Å². The molecule has 3 rings (SSSR count). The molecule has 0 radical (unpaired) electrons. The maximum absolute atomic E-state index is 12.8. The molecule has 1 saturated heterocycles. The van der Waals surface area contributed by atoms with Crippen LogP contribution in [0, 0.1) is 0 Å². The third kappa shape index (κ3) is 5.42. The SMILES string of the molecule is CCOc1ccc(N=C2S/C(=C\c3ccc(OCC(=O)[O-])cc3)C(=O)N2CC)cc1. The molecule has 7 nitrogen and oxygen atoms in total.